The van der Waals surface area contributed by atoms with E-state index in [2.05, 4.69) is 0 Å². The Morgan fingerprint density at radius 2 is 1.84 bits per heavy atom. The molecule has 0 saturated heterocycles. The second kappa shape index (κ2) is 5.52. The van der Waals surface area contributed by atoms with Crippen LogP contribution >= 0.6 is 0 Å². The fourth-order valence-corrected chi connectivity index (χ4v) is 3.60. The summed E-state index contributed by atoms with van der Waals surface area (Å²) >= 11 is 0. The predicted molar refractivity (Wildman–Crippen MR) is 69.1 cm³/mol. The minimum atomic E-state index is -3.91. The first kappa shape index (κ1) is 16.0. The molecule has 0 bridgehead atoms. The molecule has 0 radical (unpaired) electrons. The summed E-state index contributed by atoms with van der Waals surface area (Å²) in [6.45, 7) is 5.31. The van der Waals surface area contributed by atoms with Gasteiger partial charge in [-0.3, -0.25) is 0 Å². The molecule has 0 unspecified atom stereocenters. The standard InChI is InChI=1S/C12H18F2N2O2S/c1-4-16(12(2,3)8-15)19(17,18)9-5-6-10(13)11(14)7-9/h5-7H,4,8,15H2,1-3H3. The van der Waals surface area contributed by atoms with Crippen LogP contribution in [0, 0.1) is 11.6 Å². The minimum Gasteiger partial charge on any atom is -0.329 e. The smallest absolute Gasteiger partial charge is 0.243 e. The molecule has 1 aromatic carbocycles. The SMILES string of the molecule is CCN(C(C)(C)CN)S(=O)(=O)c1ccc(F)c(F)c1. The van der Waals surface area contributed by atoms with Gasteiger partial charge in [-0.2, -0.15) is 4.31 Å². The van der Waals surface area contributed by atoms with Gasteiger partial charge in [-0.1, -0.05) is 6.92 Å². The van der Waals surface area contributed by atoms with Gasteiger partial charge in [0.25, 0.3) is 0 Å². The van der Waals surface area contributed by atoms with Crippen LogP contribution in [0.3, 0.4) is 0 Å². The van der Waals surface area contributed by atoms with Crippen LogP contribution in [-0.4, -0.2) is 31.4 Å². The van der Waals surface area contributed by atoms with Crippen molar-refractivity contribution in [2.24, 2.45) is 5.73 Å². The second-order valence-electron chi connectivity index (χ2n) is 4.76. The van der Waals surface area contributed by atoms with Crippen LogP contribution in [0.15, 0.2) is 23.1 Å². The third-order valence-corrected chi connectivity index (χ3v) is 5.12. The Morgan fingerprint density at radius 1 is 1.26 bits per heavy atom. The van der Waals surface area contributed by atoms with Gasteiger partial charge in [0.2, 0.25) is 10.0 Å². The van der Waals surface area contributed by atoms with Gasteiger partial charge in [0, 0.05) is 18.6 Å². The Hall–Kier alpha value is -1.05. The lowest BCUT2D eigenvalue weighted by Crippen LogP contribution is -2.51. The normalized spacial score (nSPS) is 13.0. The van der Waals surface area contributed by atoms with Gasteiger partial charge in [-0.25, -0.2) is 17.2 Å². The number of likely N-dealkylation sites (N-methyl/N-ethyl adjacent to an activating group) is 1. The molecular formula is C12H18F2N2O2S. The van der Waals surface area contributed by atoms with Gasteiger partial charge < -0.3 is 5.73 Å². The van der Waals surface area contributed by atoms with Gasteiger partial charge in [-0.15, -0.1) is 0 Å². The zero-order valence-corrected chi connectivity index (χ0v) is 12.0. The summed E-state index contributed by atoms with van der Waals surface area (Å²) in [5, 5.41) is 0. The summed E-state index contributed by atoms with van der Waals surface area (Å²) in [4.78, 5) is -0.283. The fourth-order valence-electron chi connectivity index (χ4n) is 1.79. The summed E-state index contributed by atoms with van der Waals surface area (Å²) in [7, 11) is -3.91. The Kier molecular flexibility index (Phi) is 4.65. The maximum Gasteiger partial charge on any atom is 0.243 e. The largest absolute Gasteiger partial charge is 0.329 e. The Labute approximate surface area is 112 Å². The summed E-state index contributed by atoms with van der Waals surface area (Å²) in [6.07, 6.45) is 0. The van der Waals surface area contributed by atoms with E-state index in [1.54, 1.807) is 20.8 Å². The molecule has 0 saturated carbocycles. The molecule has 7 heteroatoms. The second-order valence-corrected chi connectivity index (χ2v) is 6.62. The topological polar surface area (TPSA) is 63.4 Å². The van der Waals surface area contributed by atoms with Gasteiger partial charge in [0.05, 0.1) is 4.90 Å². The van der Waals surface area contributed by atoms with Crippen molar-refractivity contribution < 1.29 is 17.2 Å². The molecule has 0 amide bonds. The quantitative estimate of drug-likeness (QED) is 0.898. The molecule has 0 heterocycles. The Bertz CT molecular complexity index is 559. The minimum absolute atomic E-state index is 0.115. The maximum absolute atomic E-state index is 13.2. The van der Waals surface area contributed by atoms with Gasteiger partial charge in [0.1, 0.15) is 0 Å². The van der Waals surface area contributed by atoms with Crippen LogP contribution in [0.25, 0.3) is 0 Å². The molecule has 108 valence electrons. The van der Waals surface area contributed by atoms with Crippen molar-refractivity contribution in [3.63, 3.8) is 0 Å². The van der Waals surface area contributed by atoms with E-state index in [0.29, 0.717) is 6.07 Å². The van der Waals surface area contributed by atoms with Crippen LogP contribution < -0.4 is 5.73 Å². The number of sulfonamides is 1. The number of hydrogen-bond donors (Lipinski definition) is 1. The summed E-state index contributed by atoms with van der Waals surface area (Å²) in [5.41, 5.74) is 4.76. The lowest BCUT2D eigenvalue weighted by Gasteiger charge is -2.35. The number of nitrogens with zero attached hydrogens (tertiary/aromatic N) is 1. The molecule has 0 aliphatic rings. The van der Waals surface area contributed by atoms with Gasteiger partial charge in [0.15, 0.2) is 11.6 Å². The van der Waals surface area contributed by atoms with Crippen molar-refractivity contribution in [2.75, 3.05) is 13.1 Å². The van der Waals surface area contributed by atoms with Crippen molar-refractivity contribution >= 4 is 10.0 Å². The molecule has 0 aliphatic carbocycles. The van der Waals surface area contributed by atoms with Crippen LogP contribution in [0.1, 0.15) is 20.8 Å². The van der Waals surface area contributed by atoms with Crippen LogP contribution in [-0.2, 0) is 10.0 Å². The van der Waals surface area contributed by atoms with Crippen molar-refractivity contribution in [2.45, 2.75) is 31.2 Å². The highest BCUT2D eigenvalue weighted by atomic mass is 32.2. The molecule has 19 heavy (non-hydrogen) atoms. The van der Waals surface area contributed by atoms with Gasteiger partial charge in [-0.05, 0) is 32.0 Å². The highest BCUT2D eigenvalue weighted by Gasteiger charge is 2.35. The Balaban J connectivity index is 3.32. The molecule has 0 fully saturated rings. The molecule has 2 N–H and O–H groups in total. The number of halogens is 2. The van der Waals surface area contributed by atoms with E-state index in [4.69, 9.17) is 5.73 Å². The Morgan fingerprint density at radius 3 is 2.26 bits per heavy atom. The van der Waals surface area contributed by atoms with Crippen molar-refractivity contribution in [1.82, 2.24) is 4.31 Å². The molecule has 0 spiro atoms. The van der Waals surface area contributed by atoms with Gasteiger partial charge >= 0.3 is 0 Å². The first-order valence-electron chi connectivity index (χ1n) is 5.84. The number of nitrogens with two attached hydrogens (primary N) is 1. The summed E-state index contributed by atoms with van der Waals surface area (Å²) in [6, 6.07) is 2.52. The molecule has 1 rings (SSSR count). The highest BCUT2D eigenvalue weighted by Crippen LogP contribution is 2.24. The molecule has 0 aromatic heterocycles. The third kappa shape index (κ3) is 3.10. The maximum atomic E-state index is 13.2. The molecular weight excluding hydrogens is 274 g/mol. The summed E-state index contributed by atoms with van der Waals surface area (Å²) in [5.74, 6) is -2.28. The van der Waals surface area contributed by atoms with Crippen molar-refractivity contribution in [3.8, 4) is 0 Å². The number of hydrogen-bond acceptors (Lipinski definition) is 3. The van der Waals surface area contributed by atoms with E-state index in [-0.39, 0.29) is 18.0 Å². The number of benzene rings is 1. The zero-order valence-electron chi connectivity index (χ0n) is 11.2. The molecule has 4 nitrogen and oxygen atoms in total. The number of rotatable bonds is 5. The summed E-state index contributed by atoms with van der Waals surface area (Å²) < 4.78 is 52.0. The lowest BCUT2D eigenvalue weighted by molar-refractivity contribution is 0.244. The molecule has 1 aromatic rings. The third-order valence-electron chi connectivity index (χ3n) is 2.94. The zero-order chi connectivity index (χ0) is 14.8. The molecule has 0 atom stereocenters. The van der Waals surface area contributed by atoms with E-state index in [9.17, 15) is 17.2 Å². The van der Waals surface area contributed by atoms with E-state index in [1.807, 2.05) is 0 Å². The van der Waals surface area contributed by atoms with Crippen molar-refractivity contribution in [3.05, 3.63) is 29.8 Å². The van der Waals surface area contributed by atoms with Crippen LogP contribution in [0.2, 0.25) is 0 Å². The lowest BCUT2D eigenvalue weighted by atomic mass is 10.1. The van der Waals surface area contributed by atoms with E-state index in [1.165, 1.54) is 4.31 Å². The average Bonchev–Trinajstić information content (AvgIpc) is 2.32. The monoisotopic (exact) mass is 292 g/mol. The van der Waals surface area contributed by atoms with Crippen LogP contribution in [0.5, 0.6) is 0 Å². The highest BCUT2D eigenvalue weighted by molar-refractivity contribution is 7.89. The van der Waals surface area contributed by atoms with Crippen molar-refractivity contribution in [1.29, 1.82) is 0 Å². The van der Waals surface area contributed by atoms with E-state index in [0.717, 1.165) is 12.1 Å². The average molecular weight is 292 g/mol. The van der Waals surface area contributed by atoms with E-state index >= 15 is 0 Å². The molecule has 0 aliphatic heterocycles. The predicted octanol–water partition coefficient (Wildman–Crippen LogP) is 1.71. The first-order valence-corrected chi connectivity index (χ1v) is 7.28. The fraction of sp³-hybridized carbons (Fsp3) is 0.500. The first-order chi connectivity index (χ1) is 8.66. The van der Waals surface area contributed by atoms with E-state index < -0.39 is 27.2 Å². The van der Waals surface area contributed by atoms with Crippen LogP contribution in [0.4, 0.5) is 8.78 Å².